The Bertz CT molecular complexity index is 706. The van der Waals surface area contributed by atoms with Gasteiger partial charge in [-0.3, -0.25) is 9.59 Å². The number of ether oxygens (including phenoxy) is 2. The summed E-state index contributed by atoms with van der Waals surface area (Å²) >= 11 is 3.38. The molecule has 1 aliphatic rings. The highest BCUT2D eigenvalue weighted by atomic mass is 79.9. The lowest BCUT2D eigenvalue weighted by Gasteiger charge is -2.09. The van der Waals surface area contributed by atoms with Crippen molar-refractivity contribution in [2.75, 3.05) is 20.3 Å². The molecule has 0 spiro atoms. The Kier molecular flexibility index (Phi) is 7.28. The first-order chi connectivity index (χ1) is 12.1. The number of amides is 2. The van der Waals surface area contributed by atoms with Gasteiger partial charge in [0.05, 0.1) is 13.7 Å². The second kappa shape index (κ2) is 9.68. The molecule has 0 saturated carbocycles. The molecule has 7 heteroatoms. The monoisotopic (exact) mass is 406 g/mol. The quantitative estimate of drug-likeness (QED) is 0.728. The van der Waals surface area contributed by atoms with E-state index in [1.165, 1.54) is 0 Å². The third-order valence-electron chi connectivity index (χ3n) is 3.25. The maximum atomic E-state index is 11.9. The Morgan fingerprint density at radius 2 is 1.88 bits per heavy atom. The van der Waals surface area contributed by atoms with E-state index in [0.29, 0.717) is 17.9 Å². The molecule has 0 atom stereocenters. The first kappa shape index (κ1) is 18.8. The highest BCUT2D eigenvalue weighted by molar-refractivity contribution is 9.11. The van der Waals surface area contributed by atoms with Gasteiger partial charge in [-0.05, 0) is 36.4 Å². The van der Waals surface area contributed by atoms with E-state index in [4.69, 9.17) is 9.47 Å². The van der Waals surface area contributed by atoms with Gasteiger partial charge in [-0.15, -0.1) is 0 Å². The summed E-state index contributed by atoms with van der Waals surface area (Å²) in [5, 5.41) is 5.28. The zero-order chi connectivity index (χ0) is 18.1. The van der Waals surface area contributed by atoms with E-state index in [9.17, 15) is 9.59 Å². The van der Waals surface area contributed by atoms with Crippen LogP contribution in [0.15, 0.2) is 58.7 Å². The molecule has 0 bridgehead atoms. The molecule has 0 aromatic heterocycles. The molecule has 6 nitrogen and oxygen atoms in total. The standard InChI is InChI=1S/C18H19BrN2O4/c1-24-15-7-9-16(10-8-15)25-12-18(23)20-11-17(22)21-14-4-2-3-13(19)5-6-14/h2-5,7-10H,6,11-12H2,1H3,(H,20,23)(H,21,22). The van der Waals surface area contributed by atoms with Gasteiger partial charge in [-0.25, -0.2) is 0 Å². The van der Waals surface area contributed by atoms with Crippen molar-refractivity contribution in [3.63, 3.8) is 0 Å². The van der Waals surface area contributed by atoms with Crippen LogP contribution in [0.5, 0.6) is 11.5 Å². The van der Waals surface area contributed by atoms with E-state index in [0.717, 1.165) is 10.2 Å². The maximum absolute atomic E-state index is 11.9. The minimum Gasteiger partial charge on any atom is -0.497 e. The molecular formula is C18H19BrN2O4. The van der Waals surface area contributed by atoms with Gasteiger partial charge in [0.25, 0.3) is 5.91 Å². The fourth-order valence-corrected chi connectivity index (χ4v) is 2.28. The first-order valence-electron chi connectivity index (χ1n) is 7.63. The fourth-order valence-electron chi connectivity index (χ4n) is 1.97. The molecule has 0 radical (unpaired) electrons. The number of carbonyl (C=O) groups excluding carboxylic acids is 2. The predicted octanol–water partition coefficient (Wildman–Crippen LogP) is 2.43. The summed E-state index contributed by atoms with van der Waals surface area (Å²) in [6.45, 7) is -0.280. The Morgan fingerprint density at radius 3 is 2.60 bits per heavy atom. The largest absolute Gasteiger partial charge is 0.497 e. The average Bonchev–Trinajstić information content (AvgIpc) is 2.83. The van der Waals surface area contributed by atoms with Crippen LogP contribution < -0.4 is 20.1 Å². The van der Waals surface area contributed by atoms with Gasteiger partial charge >= 0.3 is 0 Å². The summed E-state index contributed by atoms with van der Waals surface area (Å²) in [5.41, 5.74) is 0.763. The number of rotatable bonds is 7. The molecule has 0 unspecified atom stereocenters. The number of carbonyl (C=O) groups is 2. The van der Waals surface area contributed by atoms with Crippen molar-refractivity contribution in [3.8, 4) is 11.5 Å². The second-order valence-electron chi connectivity index (χ2n) is 5.13. The number of hydrogen-bond donors (Lipinski definition) is 2. The smallest absolute Gasteiger partial charge is 0.258 e. The molecule has 2 rings (SSSR count). The van der Waals surface area contributed by atoms with Gasteiger partial charge in [0.2, 0.25) is 5.91 Å². The highest BCUT2D eigenvalue weighted by Gasteiger charge is 2.08. The zero-order valence-corrected chi connectivity index (χ0v) is 15.3. The van der Waals surface area contributed by atoms with Crippen LogP contribution in [0.2, 0.25) is 0 Å². The van der Waals surface area contributed by atoms with Gasteiger partial charge < -0.3 is 20.1 Å². The number of methoxy groups -OCH3 is 1. The van der Waals surface area contributed by atoms with Gasteiger partial charge in [0.15, 0.2) is 6.61 Å². The van der Waals surface area contributed by atoms with E-state index in [1.54, 1.807) is 31.4 Å². The fraction of sp³-hybridized carbons (Fsp3) is 0.222. The lowest BCUT2D eigenvalue weighted by molar-refractivity contribution is -0.127. The lowest BCUT2D eigenvalue weighted by Crippen LogP contribution is -2.38. The summed E-state index contributed by atoms with van der Waals surface area (Å²) in [4.78, 5) is 23.6. The highest BCUT2D eigenvalue weighted by Crippen LogP contribution is 2.16. The van der Waals surface area contributed by atoms with Crippen molar-refractivity contribution in [1.29, 1.82) is 0 Å². The van der Waals surface area contributed by atoms with Crippen LogP contribution in [0.25, 0.3) is 0 Å². The molecule has 2 N–H and O–H groups in total. The van der Waals surface area contributed by atoms with Gasteiger partial charge in [0.1, 0.15) is 11.5 Å². The van der Waals surface area contributed by atoms with Gasteiger partial charge in [-0.1, -0.05) is 28.1 Å². The number of halogens is 1. The summed E-state index contributed by atoms with van der Waals surface area (Å²) in [7, 11) is 1.57. The van der Waals surface area contributed by atoms with E-state index in [1.807, 2.05) is 24.3 Å². The normalized spacial score (nSPS) is 13.2. The molecule has 1 aromatic rings. The molecule has 0 aliphatic heterocycles. The Morgan fingerprint density at radius 1 is 1.16 bits per heavy atom. The first-order valence-corrected chi connectivity index (χ1v) is 8.42. The number of allylic oxidation sites excluding steroid dienone is 5. The molecule has 1 aliphatic carbocycles. The van der Waals surface area contributed by atoms with Crippen molar-refractivity contribution < 1.29 is 19.1 Å². The van der Waals surface area contributed by atoms with Crippen LogP contribution in [0.4, 0.5) is 0 Å². The molecule has 0 heterocycles. The van der Waals surface area contributed by atoms with Crippen molar-refractivity contribution in [1.82, 2.24) is 10.6 Å². The molecule has 132 valence electrons. The average molecular weight is 407 g/mol. The van der Waals surface area contributed by atoms with Gasteiger partial charge in [-0.2, -0.15) is 0 Å². The topological polar surface area (TPSA) is 76.7 Å². The van der Waals surface area contributed by atoms with E-state index in [-0.39, 0.29) is 25.0 Å². The number of hydrogen-bond acceptors (Lipinski definition) is 4. The molecule has 0 saturated heterocycles. The summed E-state index contributed by atoms with van der Waals surface area (Å²) in [5.74, 6) is 0.596. The van der Waals surface area contributed by atoms with Crippen LogP contribution >= 0.6 is 15.9 Å². The number of benzene rings is 1. The van der Waals surface area contributed by atoms with Gasteiger partial charge in [0, 0.05) is 16.6 Å². The zero-order valence-electron chi connectivity index (χ0n) is 13.8. The minimum atomic E-state index is -0.372. The van der Waals surface area contributed by atoms with Crippen LogP contribution in [0.1, 0.15) is 6.42 Å². The van der Waals surface area contributed by atoms with E-state index in [2.05, 4.69) is 26.6 Å². The Balaban J connectivity index is 1.69. The number of nitrogens with one attached hydrogen (secondary N) is 2. The predicted molar refractivity (Wildman–Crippen MR) is 98.5 cm³/mol. The Hall–Kier alpha value is -2.54. The Labute approximate surface area is 154 Å². The SMILES string of the molecule is COc1ccc(OCC(=O)NCC(=O)NC2=CC=CC(Br)=CC2)cc1. The third kappa shape index (κ3) is 6.84. The summed E-state index contributed by atoms with van der Waals surface area (Å²) in [6.07, 6.45) is 8.09. The minimum absolute atomic E-state index is 0.114. The molecule has 2 amide bonds. The van der Waals surface area contributed by atoms with Crippen LogP contribution in [0, 0.1) is 0 Å². The van der Waals surface area contributed by atoms with E-state index >= 15 is 0 Å². The molecule has 0 fully saturated rings. The van der Waals surface area contributed by atoms with Crippen molar-refractivity contribution in [2.24, 2.45) is 0 Å². The molecular weight excluding hydrogens is 388 g/mol. The summed E-state index contributed by atoms with van der Waals surface area (Å²) < 4.78 is 11.3. The summed E-state index contributed by atoms with van der Waals surface area (Å²) in [6, 6.07) is 6.89. The van der Waals surface area contributed by atoms with Crippen molar-refractivity contribution >= 4 is 27.7 Å². The van der Waals surface area contributed by atoms with Crippen LogP contribution in [-0.4, -0.2) is 32.1 Å². The van der Waals surface area contributed by atoms with Crippen molar-refractivity contribution in [2.45, 2.75) is 6.42 Å². The maximum Gasteiger partial charge on any atom is 0.258 e. The van der Waals surface area contributed by atoms with Crippen molar-refractivity contribution in [3.05, 3.63) is 58.7 Å². The van der Waals surface area contributed by atoms with Crippen LogP contribution in [-0.2, 0) is 9.59 Å². The second-order valence-corrected chi connectivity index (χ2v) is 6.05. The lowest BCUT2D eigenvalue weighted by atomic mass is 10.3. The third-order valence-corrected chi connectivity index (χ3v) is 3.83. The van der Waals surface area contributed by atoms with E-state index < -0.39 is 0 Å². The molecule has 25 heavy (non-hydrogen) atoms. The molecule has 1 aromatic carbocycles. The van der Waals surface area contributed by atoms with Crippen LogP contribution in [0.3, 0.4) is 0 Å².